The van der Waals surface area contributed by atoms with Gasteiger partial charge in [0.1, 0.15) is 11.6 Å². The summed E-state index contributed by atoms with van der Waals surface area (Å²) in [7, 11) is 0. The monoisotopic (exact) mass is 306 g/mol. The first-order valence-electron chi connectivity index (χ1n) is 6.76. The van der Waals surface area contributed by atoms with Gasteiger partial charge in [-0.2, -0.15) is 11.3 Å². The smallest absolute Gasteiger partial charge is 0.276 e. The average molecular weight is 306 g/mol. The number of nitro groups is 1. The normalized spacial score (nSPS) is 11.9. The maximum atomic E-state index is 11.0. The summed E-state index contributed by atoms with van der Waals surface area (Å²) in [6, 6.07) is 5.13. The number of nitrogens with zero attached hydrogens (tertiary/aromatic N) is 2. The molecule has 6 nitrogen and oxygen atoms in total. The molecule has 21 heavy (non-hydrogen) atoms. The molecule has 2 aromatic heterocycles. The van der Waals surface area contributed by atoms with Gasteiger partial charge in [-0.1, -0.05) is 0 Å². The number of hydrogen-bond acceptors (Lipinski definition) is 6. The maximum absolute atomic E-state index is 11.0. The van der Waals surface area contributed by atoms with E-state index in [0.29, 0.717) is 18.2 Å². The van der Waals surface area contributed by atoms with Crippen LogP contribution in [-0.2, 0) is 6.42 Å². The van der Waals surface area contributed by atoms with Crippen molar-refractivity contribution in [1.29, 1.82) is 0 Å². The zero-order valence-electron chi connectivity index (χ0n) is 12.0. The van der Waals surface area contributed by atoms with Gasteiger partial charge in [0.05, 0.1) is 17.1 Å². The third-order valence-corrected chi connectivity index (χ3v) is 3.63. The Labute approximate surface area is 127 Å². The molecule has 0 saturated carbocycles. The van der Waals surface area contributed by atoms with E-state index in [1.807, 2.05) is 19.2 Å². The SMILES string of the molecule is CCNc1cc([N+](=O)[O-])cc(NC(C)Cc2ccsc2)n1. The first-order chi connectivity index (χ1) is 10.1. The first-order valence-corrected chi connectivity index (χ1v) is 7.70. The number of anilines is 2. The van der Waals surface area contributed by atoms with Crippen LogP contribution in [0.15, 0.2) is 29.0 Å². The highest BCUT2D eigenvalue weighted by Gasteiger charge is 2.13. The molecular formula is C14H18N4O2S. The lowest BCUT2D eigenvalue weighted by molar-refractivity contribution is -0.384. The summed E-state index contributed by atoms with van der Waals surface area (Å²) < 4.78 is 0. The van der Waals surface area contributed by atoms with Gasteiger partial charge in [0.25, 0.3) is 5.69 Å². The second-order valence-electron chi connectivity index (χ2n) is 4.76. The zero-order chi connectivity index (χ0) is 15.2. The van der Waals surface area contributed by atoms with Gasteiger partial charge in [-0.15, -0.1) is 0 Å². The molecule has 2 N–H and O–H groups in total. The van der Waals surface area contributed by atoms with Crippen LogP contribution >= 0.6 is 11.3 Å². The standard InChI is InChI=1S/C14H18N4O2S/c1-3-15-13-7-12(18(19)20)8-14(17-13)16-10(2)6-11-4-5-21-9-11/h4-5,7-10H,3,6H2,1-2H3,(H2,15,16,17). The zero-order valence-corrected chi connectivity index (χ0v) is 12.8. The molecule has 2 heterocycles. The lowest BCUT2D eigenvalue weighted by atomic mass is 10.1. The minimum Gasteiger partial charge on any atom is -0.370 e. The van der Waals surface area contributed by atoms with Crippen LogP contribution in [0.1, 0.15) is 19.4 Å². The Hall–Kier alpha value is -2.15. The summed E-state index contributed by atoms with van der Waals surface area (Å²) in [5.41, 5.74) is 1.28. The van der Waals surface area contributed by atoms with Crippen LogP contribution in [0.4, 0.5) is 17.3 Å². The molecule has 0 radical (unpaired) electrons. The summed E-state index contributed by atoms with van der Waals surface area (Å²) in [5, 5.41) is 21.3. The summed E-state index contributed by atoms with van der Waals surface area (Å²) in [6.07, 6.45) is 0.852. The predicted octanol–water partition coefficient (Wildman–Crippen LogP) is 3.53. The Balaban J connectivity index is 2.12. The molecule has 7 heteroatoms. The number of thiophene rings is 1. The Kier molecular flexibility index (Phi) is 5.10. The van der Waals surface area contributed by atoms with E-state index in [9.17, 15) is 10.1 Å². The van der Waals surface area contributed by atoms with Crippen molar-refractivity contribution in [2.24, 2.45) is 0 Å². The van der Waals surface area contributed by atoms with Crippen molar-refractivity contribution in [3.05, 3.63) is 44.6 Å². The molecule has 1 atom stereocenters. The molecule has 0 spiro atoms. The third kappa shape index (κ3) is 4.42. The van der Waals surface area contributed by atoms with Gasteiger partial charge >= 0.3 is 0 Å². The van der Waals surface area contributed by atoms with Crippen LogP contribution in [0, 0.1) is 10.1 Å². The minimum atomic E-state index is -0.406. The van der Waals surface area contributed by atoms with Crippen molar-refractivity contribution in [2.75, 3.05) is 17.2 Å². The molecule has 0 aliphatic heterocycles. The highest BCUT2D eigenvalue weighted by Crippen LogP contribution is 2.21. The third-order valence-electron chi connectivity index (χ3n) is 2.90. The van der Waals surface area contributed by atoms with Crippen LogP contribution < -0.4 is 10.6 Å². The molecule has 2 rings (SSSR count). The van der Waals surface area contributed by atoms with Crippen molar-refractivity contribution in [3.8, 4) is 0 Å². The number of rotatable bonds is 7. The van der Waals surface area contributed by atoms with E-state index in [4.69, 9.17) is 0 Å². The number of nitrogens with one attached hydrogen (secondary N) is 2. The topological polar surface area (TPSA) is 80.1 Å². The molecule has 0 amide bonds. The Morgan fingerprint density at radius 1 is 1.43 bits per heavy atom. The first kappa shape index (κ1) is 15.2. The fourth-order valence-corrected chi connectivity index (χ4v) is 2.71. The molecule has 0 fully saturated rings. The fraction of sp³-hybridized carbons (Fsp3) is 0.357. The van der Waals surface area contributed by atoms with E-state index in [0.717, 1.165) is 6.42 Å². The van der Waals surface area contributed by atoms with Gasteiger partial charge < -0.3 is 10.6 Å². The van der Waals surface area contributed by atoms with Crippen molar-refractivity contribution >= 4 is 28.7 Å². The lowest BCUT2D eigenvalue weighted by Gasteiger charge is -2.14. The van der Waals surface area contributed by atoms with Crippen LogP contribution in [0.3, 0.4) is 0 Å². The highest BCUT2D eigenvalue weighted by molar-refractivity contribution is 7.07. The highest BCUT2D eigenvalue weighted by atomic mass is 32.1. The quantitative estimate of drug-likeness (QED) is 0.604. The Morgan fingerprint density at radius 2 is 2.19 bits per heavy atom. The van der Waals surface area contributed by atoms with Crippen LogP contribution in [0.25, 0.3) is 0 Å². The summed E-state index contributed by atoms with van der Waals surface area (Å²) in [6.45, 7) is 4.62. The van der Waals surface area contributed by atoms with Crippen LogP contribution in [0.2, 0.25) is 0 Å². The molecule has 1 unspecified atom stereocenters. The molecule has 0 aromatic carbocycles. The number of aromatic nitrogens is 1. The van der Waals surface area contributed by atoms with Crippen molar-refractivity contribution in [2.45, 2.75) is 26.3 Å². The Morgan fingerprint density at radius 3 is 2.81 bits per heavy atom. The van der Waals surface area contributed by atoms with Gasteiger partial charge in [0.2, 0.25) is 0 Å². The number of pyridine rings is 1. The predicted molar refractivity (Wildman–Crippen MR) is 86.2 cm³/mol. The number of hydrogen-bond donors (Lipinski definition) is 2. The summed E-state index contributed by atoms with van der Waals surface area (Å²) in [5.74, 6) is 1.03. The van der Waals surface area contributed by atoms with Crippen LogP contribution in [0.5, 0.6) is 0 Å². The van der Waals surface area contributed by atoms with Crippen molar-refractivity contribution < 1.29 is 4.92 Å². The van der Waals surface area contributed by atoms with E-state index in [1.165, 1.54) is 17.7 Å². The molecule has 112 valence electrons. The van der Waals surface area contributed by atoms with Gasteiger partial charge in [0, 0.05) is 12.6 Å². The fourth-order valence-electron chi connectivity index (χ4n) is 2.03. The van der Waals surface area contributed by atoms with Gasteiger partial charge in [-0.3, -0.25) is 10.1 Å². The Bertz CT molecular complexity index is 601. The molecule has 0 aliphatic carbocycles. The van der Waals surface area contributed by atoms with Crippen LogP contribution in [-0.4, -0.2) is 22.5 Å². The van der Waals surface area contributed by atoms with Gasteiger partial charge in [-0.05, 0) is 42.7 Å². The second-order valence-corrected chi connectivity index (χ2v) is 5.54. The largest absolute Gasteiger partial charge is 0.370 e. The van der Waals surface area contributed by atoms with Gasteiger partial charge in [-0.25, -0.2) is 4.98 Å². The molecular weight excluding hydrogens is 288 g/mol. The molecule has 2 aromatic rings. The van der Waals surface area contributed by atoms with E-state index in [1.54, 1.807) is 11.3 Å². The molecule has 0 saturated heterocycles. The maximum Gasteiger partial charge on any atom is 0.276 e. The van der Waals surface area contributed by atoms with E-state index >= 15 is 0 Å². The average Bonchev–Trinajstić information content (AvgIpc) is 2.91. The molecule has 0 aliphatic rings. The van der Waals surface area contributed by atoms with Crippen molar-refractivity contribution in [1.82, 2.24) is 4.98 Å². The van der Waals surface area contributed by atoms with E-state index < -0.39 is 4.92 Å². The van der Waals surface area contributed by atoms with Crippen molar-refractivity contribution in [3.63, 3.8) is 0 Å². The van der Waals surface area contributed by atoms with E-state index in [-0.39, 0.29) is 11.7 Å². The minimum absolute atomic E-state index is 0.0335. The van der Waals surface area contributed by atoms with Gasteiger partial charge in [0.15, 0.2) is 0 Å². The summed E-state index contributed by atoms with van der Waals surface area (Å²) in [4.78, 5) is 14.9. The molecule has 0 bridgehead atoms. The summed E-state index contributed by atoms with van der Waals surface area (Å²) >= 11 is 1.66. The van der Waals surface area contributed by atoms with E-state index in [2.05, 4.69) is 27.1 Å². The second kappa shape index (κ2) is 7.03. The lowest BCUT2D eigenvalue weighted by Crippen LogP contribution is -2.19.